The Balaban J connectivity index is 1.57. The number of fused-ring (bicyclic) bond motifs is 1. The lowest BCUT2D eigenvalue weighted by Crippen LogP contribution is -2.64. The first-order valence-corrected chi connectivity index (χ1v) is 11.8. The molecule has 0 aromatic heterocycles. The van der Waals surface area contributed by atoms with Crippen LogP contribution in [0.25, 0.3) is 0 Å². The van der Waals surface area contributed by atoms with E-state index in [9.17, 15) is 0 Å². The molecule has 146 valence electrons. The zero-order valence-electron chi connectivity index (χ0n) is 16.3. The van der Waals surface area contributed by atoms with Crippen LogP contribution in [-0.2, 0) is 13.7 Å². The molecule has 29 heavy (non-hydrogen) atoms. The summed E-state index contributed by atoms with van der Waals surface area (Å²) in [5.41, 5.74) is 2.04. The van der Waals surface area contributed by atoms with E-state index in [1.165, 1.54) is 0 Å². The molecule has 0 bridgehead atoms. The fraction of sp³-hybridized carbons (Fsp3) is 0.208. The van der Waals surface area contributed by atoms with Crippen molar-refractivity contribution in [3.8, 4) is 0 Å². The number of hydrogen-bond acceptors (Lipinski definition) is 4. The fourth-order valence-electron chi connectivity index (χ4n) is 4.31. The quantitative estimate of drug-likeness (QED) is 0.632. The summed E-state index contributed by atoms with van der Waals surface area (Å²) in [7, 11) is -2.88. The van der Waals surface area contributed by atoms with Crippen LogP contribution in [0.4, 0.5) is 0 Å². The molecule has 2 heterocycles. The lowest BCUT2D eigenvalue weighted by Gasteiger charge is -2.33. The van der Waals surface area contributed by atoms with Crippen LogP contribution in [-0.4, -0.2) is 27.0 Å². The number of rotatable bonds is 3. The molecule has 0 radical (unpaired) electrons. The Morgan fingerprint density at radius 2 is 1.34 bits per heavy atom. The standard InChI is InChI=1S/C24H23NO3Si/c1-18-23-22(25-27-24(23)19-11-5-2-6-12-19)17-26-29(28-18,20-13-7-3-8-14-20)21-15-9-4-10-16-21/h2-16,18,23-24H,17H2,1H3/t18-,23+,24+/m1/s1. The number of nitrogens with zero attached hydrogens (tertiary/aromatic N) is 1. The van der Waals surface area contributed by atoms with Crippen LogP contribution in [0.3, 0.4) is 0 Å². The van der Waals surface area contributed by atoms with Crippen molar-refractivity contribution in [2.75, 3.05) is 6.61 Å². The number of benzene rings is 3. The zero-order valence-corrected chi connectivity index (χ0v) is 17.3. The van der Waals surface area contributed by atoms with E-state index in [2.05, 4.69) is 48.5 Å². The third kappa shape index (κ3) is 3.21. The first kappa shape index (κ1) is 18.3. The smallest absolute Gasteiger partial charge is 0.387 e. The molecule has 5 rings (SSSR count). The van der Waals surface area contributed by atoms with E-state index < -0.39 is 8.56 Å². The molecule has 4 nitrogen and oxygen atoms in total. The van der Waals surface area contributed by atoms with Gasteiger partial charge in [-0.05, 0) is 22.9 Å². The molecule has 2 aliphatic heterocycles. The minimum Gasteiger partial charge on any atom is -0.387 e. The Labute approximate surface area is 172 Å². The van der Waals surface area contributed by atoms with E-state index in [0.29, 0.717) is 6.61 Å². The van der Waals surface area contributed by atoms with Gasteiger partial charge in [0.25, 0.3) is 0 Å². The maximum Gasteiger partial charge on any atom is 0.407 e. The van der Waals surface area contributed by atoms with Crippen LogP contribution in [0, 0.1) is 5.92 Å². The van der Waals surface area contributed by atoms with Gasteiger partial charge < -0.3 is 13.7 Å². The molecule has 3 aromatic rings. The van der Waals surface area contributed by atoms with Gasteiger partial charge in [0.15, 0.2) is 6.10 Å². The summed E-state index contributed by atoms with van der Waals surface area (Å²) in [6.45, 7) is 2.53. The van der Waals surface area contributed by atoms with Gasteiger partial charge in [-0.25, -0.2) is 0 Å². The van der Waals surface area contributed by atoms with Crippen LogP contribution < -0.4 is 10.4 Å². The van der Waals surface area contributed by atoms with Crippen molar-refractivity contribution < 1.29 is 13.7 Å². The summed E-state index contributed by atoms with van der Waals surface area (Å²) in [6, 6.07) is 30.9. The molecule has 0 amide bonds. The number of oxime groups is 1. The third-order valence-electron chi connectivity index (χ3n) is 5.71. The van der Waals surface area contributed by atoms with Gasteiger partial charge >= 0.3 is 8.56 Å². The Morgan fingerprint density at radius 3 is 1.93 bits per heavy atom. The molecule has 1 saturated heterocycles. The second kappa shape index (κ2) is 7.59. The highest BCUT2D eigenvalue weighted by Crippen LogP contribution is 2.38. The van der Waals surface area contributed by atoms with Crippen molar-refractivity contribution in [3.63, 3.8) is 0 Å². The first-order valence-electron chi connectivity index (χ1n) is 9.98. The van der Waals surface area contributed by atoms with Gasteiger partial charge in [-0.1, -0.05) is 96.2 Å². The van der Waals surface area contributed by atoms with E-state index in [4.69, 9.17) is 13.7 Å². The van der Waals surface area contributed by atoms with E-state index in [1.807, 2.05) is 54.6 Å². The van der Waals surface area contributed by atoms with E-state index in [-0.39, 0.29) is 18.1 Å². The SMILES string of the molecule is C[C@H]1O[Si](c2ccccc2)(c2ccccc2)OCC2=NO[C@@H](c3ccccc3)[C@H]21. The van der Waals surface area contributed by atoms with Gasteiger partial charge in [-0.3, -0.25) is 0 Å². The highest BCUT2D eigenvalue weighted by Gasteiger charge is 2.52. The maximum absolute atomic E-state index is 6.89. The normalized spacial score (nSPS) is 25.4. The van der Waals surface area contributed by atoms with Gasteiger partial charge in [0.2, 0.25) is 0 Å². The minimum absolute atomic E-state index is 0.0270. The van der Waals surface area contributed by atoms with Crippen molar-refractivity contribution in [1.82, 2.24) is 0 Å². The molecule has 0 aliphatic carbocycles. The van der Waals surface area contributed by atoms with E-state index in [1.54, 1.807) is 0 Å². The van der Waals surface area contributed by atoms with Gasteiger partial charge in [0.05, 0.1) is 24.3 Å². The molecule has 0 N–H and O–H groups in total. The van der Waals surface area contributed by atoms with Crippen molar-refractivity contribution in [2.24, 2.45) is 11.1 Å². The summed E-state index contributed by atoms with van der Waals surface area (Å²) in [4.78, 5) is 5.83. The molecular formula is C24H23NO3Si. The Bertz CT molecular complexity index is 955. The van der Waals surface area contributed by atoms with Crippen LogP contribution in [0.2, 0.25) is 0 Å². The molecule has 0 saturated carbocycles. The summed E-state index contributed by atoms with van der Waals surface area (Å²) in [5, 5.41) is 6.63. The summed E-state index contributed by atoms with van der Waals surface area (Å²) in [6.07, 6.45) is -0.253. The molecule has 0 unspecified atom stereocenters. The average Bonchev–Trinajstić information content (AvgIpc) is 3.16. The Kier molecular flexibility index (Phi) is 4.79. The molecule has 5 heteroatoms. The van der Waals surface area contributed by atoms with E-state index in [0.717, 1.165) is 21.6 Å². The topological polar surface area (TPSA) is 40.0 Å². The minimum atomic E-state index is -2.88. The van der Waals surface area contributed by atoms with Gasteiger partial charge in [-0.15, -0.1) is 0 Å². The monoisotopic (exact) mass is 401 g/mol. The zero-order chi connectivity index (χ0) is 19.7. The molecular weight excluding hydrogens is 378 g/mol. The second-order valence-corrected chi connectivity index (χ2v) is 10.4. The Hall–Kier alpha value is -2.73. The molecule has 3 aromatic carbocycles. The number of hydrogen-bond donors (Lipinski definition) is 0. The lowest BCUT2D eigenvalue weighted by atomic mass is 9.88. The van der Waals surface area contributed by atoms with Crippen LogP contribution in [0.15, 0.2) is 96.2 Å². The molecule has 2 aliphatic rings. The maximum atomic E-state index is 6.89. The predicted molar refractivity (Wildman–Crippen MR) is 116 cm³/mol. The third-order valence-corrected chi connectivity index (χ3v) is 9.15. The largest absolute Gasteiger partial charge is 0.407 e. The van der Waals surface area contributed by atoms with Crippen molar-refractivity contribution in [1.29, 1.82) is 0 Å². The first-order chi connectivity index (χ1) is 14.3. The predicted octanol–water partition coefficient (Wildman–Crippen LogP) is 3.42. The van der Waals surface area contributed by atoms with Crippen LogP contribution in [0.5, 0.6) is 0 Å². The average molecular weight is 402 g/mol. The van der Waals surface area contributed by atoms with Gasteiger partial charge in [0.1, 0.15) is 0 Å². The van der Waals surface area contributed by atoms with Gasteiger partial charge in [-0.2, -0.15) is 0 Å². The van der Waals surface area contributed by atoms with Crippen molar-refractivity contribution in [2.45, 2.75) is 19.1 Å². The molecule has 1 fully saturated rings. The van der Waals surface area contributed by atoms with Crippen LogP contribution >= 0.6 is 0 Å². The van der Waals surface area contributed by atoms with E-state index >= 15 is 0 Å². The lowest BCUT2D eigenvalue weighted by molar-refractivity contribution is 0.0227. The van der Waals surface area contributed by atoms with Crippen LogP contribution in [0.1, 0.15) is 18.6 Å². The fourth-order valence-corrected chi connectivity index (χ4v) is 7.60. The summed E-state index contributed by atoms with van der Waals surface area (Å²) >= 11 is 0. The summed E-state index contributed by atoms with van der Waals surface area (Å²) in [5.74, 6) is 0.0270. The Morgan fingerprint density at radius 1 is 0.793 bits per heavy atom. The molecule has 3 atom stereocenters. The highest BCUT2D eigenvalue weighted by molar-refractivity contribution is 6.92. The second-order valence-electron chi connectivity index (χ2n) is 7.51. The van der Waals surface area contributed by atoms with Crippen molar-refractivity contribution in [3.05, 3.63) is 96.6 Å². The summed E-state index contributed by atoms with van der Waals surface area (Å²) < 4.78 is 13.5. The van der Waals surface area contributed by atoms with Gasteiger partial charge in [0, 0.05) is 0 Å². The van der Waals surface area contributed by atoms with Crippen molar-refractivity contribution >= 4 is 24.6 Å². The molecule has 0 spiro atoms. The highest BCUT2D eigenvalue weighted by atomic mass is 28.4.